The summed E-state index contributed by atoms with van der Waals surface area (Å²) >= 11 is 0. The zero-order valence-electron chi connectivity index (χ0n) is 11.2. The Labute approximate surface area is 112 Å². The van der Waals surface area contributed by atoms with Gasteiger partial charge >= 0.3 is 5.97 Å². The monoisotopic (exact) mass is 255 g/mol. The van der Waals surface area contributed by atoms with Crippen LogP contribution in [0.2, 0.25) is 0 Å². The molecule has 1 aromatic carbocycles. The summed E-state index contributed by atoms with van der Waals surface area (Å²) in [6.07, 6.45) is 2.09. The van der Waals surface area contributed by atoms with Crippen LogP contribution in [0.25, 0.3) is 0 Å². The molecule has 3 rings (SSSR count). The number of benzene rings is 1. The van der Waals surface area contributed by atoms with Crippen LogP contribution < -0.4 is 0 Å². The average molecular weight is 255 g/mol. The van der Waals surface area contributed by atoms with E-state index in [1.165, 1.54) is 29.5 Å². The molecule has 1 aliphatic rings. The summed E-state index contributed by atoms with van der Waals surface area (Å²) < 4.78 is 4.76. The van der Waals surface area contributed by atoms with E-state index in [1.807, 2.05) is 6.07 Å². The molecule has 1 N–H and O–H groups in total. The number of fused-ring (bicyclic) bond motifs is 1. The molecule has 1 heterocycles. The Balaban J connectivity index is 1.95. The van der Waals surface area contributed by atoms with Crippen LogP contribution in [-0.4, -0.2) is 18.1 Å². The van der Waals surface area contributed by atoms with Crippen LogP contribution in [0.3, 0.4) is 0 Å². The number of carbonyl (C=O) groups excluding carboxylic acids is 1. The molecule has 2 aromatic rings. The van der Waals surface area contributed by atoms with Gasteiger partial charge in [0.2, 0.25) is 0 Å². The number of carbonyl (C=O) groups is 1. The summed E-state index contributed by atoms with van der Waals surface area (Å²) in [5, 5.41) is 0. The second-order valence-corrected chi connectivity index (χ2v) is 5.11. The minimum atomic E-state index is -0.294. The van der Waals surface area contributed by atoms with Crippen LogP contribution in [0.1, 0.15) is 45.2 Å². The second-order valence-electron chi connectivity index (χ2n) is 5.11. The van der Waals surface area contributed by atoms with Crippen molar-refractivity contribution in [1.29, 1.82) is 0 Å². The lowest BCUT2D eigenvalue weighted by Crippen LogP contribution is -2.02. The third kappa shape index (κ3) is 2.05. The first-order valence-electron chi connectivity index (χ1n) is 6.55. The van der Waals surface area contributed by atoms with Crippen molar-refractivity contribution >= 4 is 5.97 Å². The molecule has 0 bridgehead atoms. The van der Waals surface area contributed by atoms with E-state index < -0.39 is 0 Å². The van der Waals surface area contributed by atoms with E-state index in [9.17, 15) is 4.79 Å². The number of methoxy groups -OCH3 is 1. The zero-order chi connectivity index (χ0) is 13.4. The van der Waals surface area contributed by atoms with Gasteiger partial charge in [-0.3, -0.25) is 0 Å². The summed E-state index contributed by atoms with van der Waals surface area (Å²) in [7, 11) is 1.41. The van der Waals surface area contributed by atoms with Gasteiger partial charge in [0.15, 0.2) is 0 Å². The second kappa shape index (κ2) is 4.57. The number of aryl methyl sites for hydroxylation is 2. The van der Waals surface area contributed by atoms with Gasteiger partial charge in [-0.05, 0) is 37.0 Å². The lowest BCUT2D eigenvalue weighted by atomic mass is 9.93. The van der Waals surface area contributed by atoms with Crippen LogP contribution in [0, 0.1) is 6.92 Å². The molecule has 19 heavy (non-hydrogen) atoms. The maximum Gasteiger partial charge on any atom is 0.354 e. The number of aromatic amines is 1. The van der Waals surface area contributed by atoms with Gasteiger partial charge < -0.3 is 9.72 Å². The van der Waals surface area contributed by atoms with Gasteiger partial charge in [0.25, 0.3) is 0 Å². The standard InChI is InChI=1S/C16H17NO2/c1-10-3-5-11(6-4-10)12-7-8-14-13(12)9-15(17-14)16(18)19-2/h3-6,9,12,17H,7-8H2,1-2H3. The van der Waals surface area contributed by atoms with Crippen molar-refractivity contribution in [3.63, 3.8) is 0 Å². The molecule has 0 saturated heterocycles. The Hall–Kier alpha value is -2.03. The van der Waals surface area contributed by atoms with E-state index in [4.69, 9.17) is 4.74 Å². The van der Waals surface area contributed by atoms with Gasteiger partial charge in [-0.15, -0.1) is 0 Å². The molecule has 98 valence electrons. The van der Waals surface area contributed by atoms with Gasteiger partial charge in [0.1, 0.15) is 5.69 Å². The van der Waals surface area contributed by atoms with E-state index >= 15 is 0 Å². The van der Waals surface area contributed by atoms with Crippen molar-refractivity contribution in [3.8, 4) is 0 Å². The summed E-state index contributed by atoms with van der Waals surface area (Å²) in [6.45, 7) is 2.09. The van der Waals surface area contributed by atoms with Gasteiger partial charge in [-0.25, -0.2) is 4.79 Å². The molecule has 0 amide bonds. The zero-order valence-corrected chi connectivity index (χ0v) is 11.2. The fourth-order valence-corrected chi connectivity index (χ4v) is 2.84. The van der Waals surface area contributed by atoms with Crippen LogP contribution in [0.15, 0.2) is 30.3 Å². The molecular formula is C16H17NO2. The Morgan fingerprint density at radius 1 is 1.32 bits per heavy atom. The highest BCUT2D eigenvalue weighted by Crippen LogP contribution is 2.38. The van der Waals surface area contributed by atoms with Crippen LogP contribution >= 0.6 is 0 Å². The Kier molecular flexibility index (Phi) is 2.90. The first-order valence-corrected chi connectivity index (χ1v) is 6.55. The van der Waals surface area contributed by atoms with Gasteiger partial charge in [0, 0.05) is 11.6 Å². The highest BCUT2D eigenvalue weighted by Gasteiger charge is 2.27. The minimum absolute atomic E-state index is 0.294. The molecule has 0 saturated carbocycles. The number of H-pyrrole nitrogens is 1. The third-order valence-corrected chi connectivity index (χ3v) is 3.88. The van der Waals surface area contributed by atoms with Crippen LogP contribution in [0.4, 0.5) is 0 Å². The van der Waals surface area contributed by atoms with E-state index in [-0.39, 0.29) is 5.97 Å². The normalized spacial score (nSPS) is 17.3. The number of hydrogen-bond acceptors (Lipinski definition) is 2. The molecular weight excluding hydrogens is 238 g/mol. The number of aromatic nitrogens is 1. The quantitative estimate of drug-likeness (QED) is 0.837. The number of ether oxygens (including phenoxy) is 1. The maximum absolute atomic E-state index is 11.6. The minimum Gasteiger partial charge on any atom is -0.464 e. The van der Waals surface area contributed by atoms with Crippen molar-refractivity contribution in [2.75, 3.05) is 7.11 Å². The third-order valence-electron chi connectivity index (χ3n) is 3.88. The molecule has 1 atom stereocenters. The van der Waals surface area contributed by atoms with Crippen molar-refractivity contribution in [1.82, 2.24) is 4.98 Å². The molecule has 3 nitrogen and oxygen atoms in total. The highest BCUT2D eigenvalue weighted by molar-refractivity contribution is 5.88. The van der Waals surface area contributed by atoms with E-state index in [0.29, 0.717) is 11.6 Å². The summed E-state index contributed by atoms with van der Waals surface area (Å²) in [4.78, 5) is 14.7. The number of hydrogen-bond donors (Lipinski definition) is 1. The molecule has 1 aromatic heterocycles. The predicted octanol–water partition coefficient (Wildman–Crippen LogP) is 3.19. The van der Waals surface area contributed by atoms with E-state index in [0.717, 1.165) is 12.8 Å². The summed E-state index contributed by atoms with van der Waals surface area (Å²) in [6, 6.07) is 10.6. The van der Waals surface area contributed by atoms with Crippen molar-refractivity contribution in [2.24, 2.45) is 0 Å². The molecule has 1 unspecified atom stereocenters. The topological polar surface area (TPSA) is 42.1 Å². The lowest BCUT2D eigenvalue weighted by Gasteiger charge is -2.10. The van der Waals surface area contributed by atoms with Crippen molar-refractivity contribution in [3.05, 3.63) is 58.4 Å². The Morgan fingerprint density at radius 3 is 2.74 bits per heavy atom. The van der Waals surface area contributed by atoms with Crippen molar-refractivity contribution < 1.29 is 9.53 Å². The molecule has 0 radical (unpaired) electrons. The Morgan fingerprint density at radius 2 is 2.05 bits per heavy atom. The number of nitrogens with one attached hydrogen (secondary N) is 1. The smallest absolute Gasteiger partial charge is 0.354 e. The van der Waals surface area contributed by atoms with Crippen molar-refractivity contribution in [2.45, 2.75) is 25.7 Å². The maximum atomic E-state index is 11.6. The first kappa shape index (κ1) is 12.0. The summed E-state index contributed by atoms with van der Waals surface area (Å²) in [5.41, 5.74) is 5.56. The molecule has 0 spiro atoms. The SMILES string of the molecule is COC(=O)c1cc2c([nH]1)CCC2c1ccc(C)cc1. The summed E-state index contributed by atoms with van der Waals surface area (Å²) in [5.74, 6) is 0.0994. The molecule has 0 fully saturated rings. The van der Waals surface area contributed by atoms with E-state index in [1.54, 1.807) is 0 Å². The Bertz CT molecular complexity index is 610. The number of esters is 1. The van der Waals surface area contributed by atoms with Gasteiger partial charge in [-0.1, -0.05) is 29.8 Å². The largest absolute Gasteiger partial charge is 0.464 e. The molecule has 3 heteroatoms. The molecule has 1 aliphatic carbocycles. The highest BCUT2D eigenvalue weighted by atomic mass is 16.5. The van der Waals surface area contributed by atoms with Gasteiger partial charge in [0.05, 0.1) is 7.11 Å². The fourth-order valence-electron chi connectivity index (χ4n) is 2.84. The lowest BCUT2D eigenvalue weighted by molar-refractivity contribution is 0.0594. The average Bonchev–Trinajstić information content (AvgIpc) is 2.99. The number of rotatable bonds is 2. The van der Waals surface area contributed by atoms with E-state index in [2.05, 4.69) is 36.2 Å². The molecule has 0 aliphatic heterocycles. The van der Waals surface area contributed by atoms with Crippen LogP contribution in [0.5, 0.6) is 0 Å². The van der Waals surface area contributed by atoms with Crippen LogP contribution in [-0.2, 0) is 11.2 Å². The van der Waals surface area contributed by atoms with Gasteiger partial charge in [-0.2, -0.15) is 0 Å². The fraction of sp³-hybridized carbons (Fsp3) is 0.312. The predicted molar refractivity (Wildman–Crippen MR) is 73.5 cm³/mol. The first-order chi connectivity index (χ1) is 9.19.